The van der Waals surface area contributed by atoms with E-state index < -0.39 is 16.1 Å². The number of unbranched alkanes of at least 4 members (excludes halogenated alkanes) is 3. The van der Waals surface area contributed by atoms with E-state index in [1.165, 1.54) is 12.8 Å². The predicted octanol–water partition coefficient (Wildman–Crippen LogP) is 2.53. The van der Waals surface area contributed by atoms with Crippen LogP contribution >= 0.6 is 0 Å². The summed E-state index contributed by atoms with van der Waals surface area (Å²) in [7, 11) is -3.87. The Kier molecular flexibility index (Phi) is 4.62. The van der Waals surface area contributed by atoms with Crippen molar-refractivity contribution in [1.82, 2.24) is 4.72 Å². The van der Waals surface area contributed by atoms with Crippen LogP contribution in [0.5, 0.6) is 5.75 Å². The van der Waals surface area contributed by atoms with Crippen LogP contribution in [0, 0.1) is 0 Å². The highest BCUT2D eigenvalue weighted by atomic mass is 32.2. The Morgan fingerprint density at radius 2 is 1.95 bits per heavy atom. The highest BCUT2D eigenvalue weighted by Crippen LogP contribution is 2.32. The number of nitrogens with zero attached hydrogens (tertiary/aromatic N) is 1. The van der Waals surface area contributed by atoms with Gasteiger partial charge in [-0.05, 0) is 30.5 Å². The molecule has 1 aromatic carbocycles. The highest BCUT2D eigenvalue weighted by Gasteiger charge is 2.30. The lowest BCUT2D eigenvalue weighted by Crippen LogP contribution is -2.29. The summed E-state index contributed by atoms with van der Waals surface area (Å²) in [4.78, 5) is 0. The normalized spacial score (nSPS) is 16.6. The van der Waals surface area contributed by atoms with Gasteiger partial charge in [0, 0.05) is 0 Å². The Morgan fingerprint density at radius 1 is 1.19 bits per heavy atom. The van der Waals surface area contributed by atoms with Gasteiger partial charge in [-0.3, -0.25) is 0 Å². The molecule has 0 fully saturated rings. The zero-order chi connectivity index (χ0) is 15.5. The van der Waals surface area contributed by atoms with E-state index in [1.807, 2.05) is 4.72 Å². The molecule has 0 radical (unpaired) electrons. The summed E-state index contributed by atoms with van der Waals surface area (Å²) in [5.41, 5.74) is 1.08. The summed E-state index contributed by atoms with van der Waals surface area (Å²) in [6.07, 6.45) is 6.40. The minimum absolute atomic E-state index is 0.115. The Morgan fingerprint density at radius 3 is 2.52 bits per heavy atom. The second kappa shape index (κ2) is 6.26. The number of benzene rings is 1. The van der Waals surface area contributed by atoms with Crippen LogP contribution in [0.4, 0.5) is 5.69 Å². The van der Waals surface area contributed by atoms with Gasteiger partial charge in [0.2, 0.25) is 5.88 Å². The highest BCUT2D eigenvalue weighted by molar-refractivity contribution is 7.91. The van der Waals surface area contributed by atoms with Crippen molar-refractivity contribution in [2.24, 2.45) is 0 Å². The van der Waals surface area contributed by atoms with Crippen molar-refractivity contribution >= 4 is 15.9 Å². The number of aromatic hydroxyl groups is 1. The van der Waals surface area contributed by atoms with Gasteiger partial charge in [-0.1, -0.05) is 32.3 Å². The van der Waals surface area contributed by atoms with Crippen molar-refractivity contribution in [3.8, 4) is 5.75 Å². The van der Waals surface area contributed by atoms with Crippen molar-refractivity contribution in [2.75, 3.05) is 4.31 Å². The minimum atomic E-state index is -3.87. The van der Waals surface area contributed by atoms with Crippen LogP contribution < -0.4 is 9.03 Å². The molecule has 0 saturated carbocycles. The molecular formula is C14H20N2O4S. The number of rotatable bonds is 6. The molecule has 0 amide bonds. The van der Waals surface area contributed by atoms with Crippen molar-refractivity contribution in [3.63, 3.8) is 0 Å². The third kappa shape index (κ3) is 3.60. The lowest BCUT2D eigenvalue weighted by atomic mass is 10.1. The standard InChI is InChI=1S/C14H20N2O4S/c1-2-3-4-5-6-11-7-8-12(13(17)9-11)16-10-14(18)15-21(16,19)20/h7-10,15,17-18H,2-6H2,1H3. The summed E-state index contributed by atoms with van der Waals surface area (Å²) in [5, 5.41) is 19.3. The van der Waals surface area contributed by atoms with Crippen LogP contribution in [-0.4, -0.2) is 18.6 Å². The van der Waals surface area contributed by atoms with Crippen LogP contribution in [0.2, 0.25) is 0 Å². The topological polar surface area (TPSA) is 89.9 Å². The molecule has 0 aliphatic carbocycles. The van der Waals surface area contributed by atoms with E-state index >= 15 is 0 Å². The molecule has 1 aliphatic rings. The Hall–Kier alpha value is -1.89. The summed E-state index contributed by atoms with van der Waals surface area (Å²) >= 11 is 0. The molecule has 2 rings (SSSR count). The molecule has 3 N–H and O–H groups in total. The first-order valence-electron chi connectivity index (χ1n) is 6.99. The number of aliphatic hydroxyl groups is 1. The summed E-state index contributed by atoms with van der Waals surface area (Å²) < 4.78 is 26.2. The van der Waals surface area contributed by atoms with Crippen molar-refractivity contribution < 1.29 is 18.6 Å². The van der Waals surface area contributed by atoms with E-state index in [-0.39, 0.29) is 11.4 Å². The largest absolute Gasteiger partial charge is 0.506 e. The van der Waals surface area contributed by atoms with E-state index in [4.69, 9.17) is 0 Å². The summed E-state index contributed by atoms with van der Waals surface area (Å²) in [5.74, 6) is -0.600. The molecule has 1 aliphatic heterocycles. The van der Waals surface area contributed by atoms with Gasteiger partial charge in [0.1, 0.15) is 11.4 Å². The Balaban J connectivity index is 2.13. The molecule has 116 valence electrons. The number of phenols is 1. The zero-order valence-electron chi connectivity index (χ0n) is 11.9. The van der Waals surface area contributed by atoms with E-state index in [0.29, 0.717) is 0 Å². The lowest BCUT2D eigenvalue weighted by molar-refractivity contribution is 0.392. The van der Waals surface area contributed by atoms with E-state index in [1.54, 1.807) is 18.2 Å². The molecule has 1 aromatic rings. The van der Waals surface area contributed by atoms with Crippen LogP contribution in [0.25, 0.3) is 0 Å². The first kappa shape index (κ1) is 15.5. The number of phenolic OH excluding ortho intramolecular Hbond substituents is 1. The zero-order valence-corrected chi connectivity index (χ0v) is 12.7. The fourth-order valence-electron chi connectivity index (χ4n) is 2.25. The summed E-state index contributed by atoms with van der Waals surface area (Å²) in [6.45, 7) is 2.15. The second-order valence-electron chi connectivity index (χ2n) is 5.05. The molecule has 0 atom stereocenters. The maximum atomic E-state index is 11.7. The van der Waals surface area contributed by atoms with Gasteiger partial charge in [0.05, 0.1) is 6.20 Å². The lowest BCUT2D eigenvalue weighted by Gasteiger charge is -2.16. The molecule has 1 heterocycles. The number of hydrogen-bond acceptors (Lipinski definition) is 4. The molecule has 6 nitrogen and oxygen atoms in total. The van der Waals surface area contributed by atoms with Crippen molar-refractivity contribution in [3.05, 3.63) is 35.8 Å². The number of hydrogen-bond donors (Lipinski definition) is 3. The monoisotopic (exact) mass is 312 g/mol. The SMILES string of the molecule is CCCCCCc1ccc(N2C=C(O)NS2(=O)=O)c(O)c1. The Labute approximate surface area is 124 Å². The van der Waals surface area contributed by atoms with Gasteiger partial charge >= 0.3 is 10.2 Å². The van der Waals surface area contributed by atoms with Crippen molar-refractivity contribution in [1.29, 1.82) is 0 Å². The maximum Gasteiger partial charge on any atom is 0.330 e. The van der Waals surface area contributed by atoms with E-state index in [0.717, 1.165) is 35.3 Å². The molecule has 0 bridgehead atoms. The number of aliphatic hydroxyl groups excluding tert-OH is 1. The predicted molar refractivity (Wildman–Crippen MR) is 81.2 cm³/mol. The second-order valence-corrected chi connectivity index (χ2v) is 6.60. The molecule has 21 heavy (non-hydrogen) atoms. The third-order valence-electron chi connectivity index (χ3n) is 3.33. The molecule has 0 unspecified atom stereocenters. The number of nitrogens with one attached hydrogen (secondary N) is 1. The maximum absolute atomic E-state index is 11.7. The fourth-order valence-corrected chi connectivity index (χ4v) is 3.32. The molecule has 0 saturated heterocycles. The van der Waals surface area contributed by atoms with Gasteiger partial charge in [-0.25, -0.2) is 9.03 Å². The van der Waals surface area contributed by atoms with Crippen LogP contribution in [0.15, 0.2) is 30.3 Å². The van der Waals surface area contributed by atoms with E-state index in [2.05, 4.69) is 6.92 Å². The van der Waals surface area contributed by atoms with Crippen LogP contribution in [0.1, 0.15) is 38.2 Å². The first-order valence-corrected chi connectivity index (χ1v) is 8.43. The van der Waals surface area contributed by atoms with E-state index in [9.17, 15) is 18.6 Å². The van der Waals surface area contributed by atoms with Gasteiger partial charge in [0.15, 0.2) is 0 Å². The molecule has 7 heteroatoms. The Bertz CT molecular complexity index is 640. The van der Waals surface area contributed by atoms with Gasteiger partial charge in [0.25, 0.3) is 0 Å². The number of anilines is 1. The van der Waals surface area contributed by atoms with Crippen LogP contribution in [0.3, 0.4) is 0 Å². The van der Waals surface area contributed by atoms with Gasteiger partial charge in [-0.15, -0.1) is 0 Å². The third-order valence-corrected chi connectivity index (χ3v) is 4.62. The van der Waals surface area contributed by atoms with Crippen molar-refractivity contribution in [2.45, 2.75) is 39.0 Å². The molecule has 0 aromatic heterocycles. The average Bonchev–Trinajstić information content (AvgIpc) is 2.68. The van der Waals surface area contributed by atoms with Gasteiger partial charge in [-0.2, -0.15) is 8.42 Å². The quantitative estimate of drug-likeness (QED) is 0.704. The summed E-state index contributed by atoms with van der Waals surface area (Å²) in [6, 6.07) is 4.90. The first-order chi connectivity index (χ1) is 9.94. The smallest absolute Gasteiger partial charge is 0.330 e. The number of aryl methyl sites for hydroxylation is 1. The minimum Gasteiger partial charge on any atom is -0.506 e. The van der Waals surface area contributed by atoms with Crippen LogP contribution in [-0.2, 0) is 16.6 Å². The fraction of sp³-hybridized carbons (Fsp3) is 0.429. The average molecular weight is 312 g/mol. The molecular weight excluding hydrogens is 292 g/mol. The molecule has 0 spiro atoms. The van der Waals surface area contributed by atoms with Gasteiger partial charge < -0.3 is 10.2 Å².